The number of ether oxygens (including phenoxy) is 1. The topological polar surface area (TPSA) is 29.5 Å². The van der Waals surface area contributed by atoms with Crippen LogP contribution in [-0.4, -0.2) is 23.7 Å². The number of fused-ring (bicyclic) bond motifs is 1. The Morgan fingerprint density at radius 1 is 1.04 bits per heavy atom. The maximum Gasteiger partial charge on any atom is 0.234 e. The largest absolute Gasteiger partial charge is 0.496 e. The van der Waals surface area contributed by atoms with Gasteiger partial charge in [-0.25, -0.2) is 13.2 Å². The number of rotatable bonds is 4. The molecule has 1 heterocycles. The van der Waals surface area contributed by atoms with Gasteiger partial charge >= 0.3 is 0 Å². The van der Waals surface area contributed by atoms with Crippen molar-refractivity contribution in [1.29, 1.82) is 0 Å². The summed E-state index contributed by atoms with van der Waals surface area (Å²) in [5, 5.41) is 1.46. The molecule has 0 spiro atoms. The number of carbonyl (C=O) groups excluding carboxylic acids is 1. The van der Waals surface area contributed by atoms with E-state index in [-0.39, 0.29) is 29.1 Å². The number of amides is 1. The quantitative estimate of drug-likeness (QED) is 0.572. The molecule has 3 aromatic carbocycles. The third kappa shape index (κ3) is 3.09. The van der Waals surface area contributed by atoms with E-state index in [0.717, 1.165) is 22.4 Å². The Hall–Kier alpha value is -2.67. The van der Waals surface area contributed by atoms with Crippen LogP contribution >= 0.6 is 11.8 Å². The summed E-state index contributed by atoms with van der Waals surface area (Å²) < 4.78 is 46.4. The summed E-state index contributed by atoms with van der Waals surface area (Å²) in [6.45, 7) is -0.139. The SMILES string of the molecule is COc1ccc(C2SCC(=O)N2Cc2ccc(F)c(F)c2F)c2ccccc12. The lowest BCUT2D eigenvalue weighted by atomic mass is 10.0. The lowest BCUT2D eigenvalue weighted by Gasteiger charge is -2.26. The van der Waals surface area contributed by atoms with E-state index >= 15 is 0 Å². The highest BCUT2D eigenvalue weighted by atomic mass is 32.2. The molecule has 1 unspecified atom stereocenters. The monoisotopic (exact) mass is 403 g/mol. The summed E-state index contributed by atoms with van der Waals surface area (Å²) in [5.41, 5.74) is 0.827. The van der Waals surface area contributed by atoms with Crippen molar-refractivity contribution in [3.63, 3.8) is 0 Å². The van der Waals surface area contributed by atoms with Crippen LogP contribution in [0.15, 0.2) is 48.5 Å². The molecule has 0 aliphatic carbocycles. The van der Waals surface area contributed by atoms with E-state index in [9.17, 15) is 18.0 Å². The van der Waals surface area contributed by atoms with Crippen molar-refractivity contribution in [3.8, 4) is 5.75 Å². The molecule has 1 saturated heterocycles. The second-order valence-corrected chi connectivity index (χ2v) is 7.49. The molecule has 1 amide bonds. The fourth-order valence-corrected chi connectivity index (χ4v) is 4.67. The molecule has 144 valence electrons. The maximum absolute atomic E-state index is 14.1. The van der Waals surface area contributed by atoms with E-state index in [2.05, 4.69) is 0 Å². The minimum atomic E-state index is -1.52. The number of nitrogens with zero attached hydrogens (tertiary/aromatic N) is 1. The van der Waals surface area contributed by atoms with Gasteiger partial charge in [0.1, 0.15) is 11.1 Å². The van der Waals surface area contributed by atoms with Gasteiger partial charge < -0.3 is 9.64 Å². The Kier molecular flexibility index (Phi) is 4.93. The number of carbonyl (C=O) groups is 1. The van der Waals surface area contributed by atoms with Gasteiger partial charge in [0, 0.05) is 10.9 Å². The predicted octanol–water partition coefficient (Wildman–Crippen LogP) is 5.04. The van der Waals surface area contributed by atoms with Crippen LogP contribution in [0.5, 0.6) is 5.75 Å². The first-order valence-electron chi connectivity index (χ1n) is 8.60. The second-order valence-electron chi connectivity index (χ2n) is 6.42. The minimum absolute atomic E-state index is 0.0578. The smallest absolute Gasteiger partial charge is 0.234 e. The molecular weight excluding hydrogens is 387 g/mol. The van der Waals surface area contributed by atoms with E-state index in [1.54, 1.807) is 7.11 Å². The molecule has 3 nitrogen and oxygen atoms in total. The first-order chi connectivity index (χ1) is 13.5. The summed E-state index contributed by atoms with van der Waals surface area (Å²) in [5.74, 6) is -3.27. The molecule has 0 N–H and O–H groups in total. The highest BCUT2D eigenvalue weighted by molar-refractivity contribution is 8.00. The normalized spacial score (nSPS) is 16.8. The van der Waals surface area contributed by atoms with E-state index in [4.69, 9.17) is 4.74 Å². The molecule has 28 heavy (non-hydrogen) atoms. The van der Waals surface area contributed by atoms with Crippen LogP contribution in [0.25, 0.3) is 10.8 Å². The zero-order valence-electron chi connectivity index (χ0n) is 14.9. The van der Waals surface area contributed by atoms with Gasteiger partial charge in [-0.15, -0.1) is 11.8 Å². The van der Waals surface area contributed by atoms with Crippen molar-refractivity contribution >= 4 is 28.4 Å². The van der Waals surface area contributed by atoms with E-state index < -0.39 is 17.5 Å². The standard InChI is InChI=1S/C21H16F3NO2S/c1-27-17-9-7-15(13-4-2-3-5-14(13)17)21-25(18(26)11-28-21)10-12-6-8-16(22)20(24)19(12)23/h2-9,21H,10-11H2,1H3. The molecule has 4 rings (SSSR count). The predicted molar refractivity (Wildman–Crippen MR) is 103 cm³/mol. The van der Waals surface area contributed by atoms with Gasteiger partial charge in [0.15, 0.2) is 17.5 Å². The number of halogens is 3. The van der Waals surface area contributed by atoms with Gasteiger partial charge in [-0.05, 0) is 23.1 Å². The molecular formula is C21H16F3NO2S. The molecule has 1 aliphatic rings. The molecule has 1 aliphatic heterocycles. The summed E-state index contributed by atoms with van der Waals surface area (Å²) in [6, 6.07) is 13.4. The molecule has 3 aromatic rings. The Bertz CT molecular complexity index is 1070. The third-order valence-corrected chi connectivity index (χ3v) is 6.07. The van der Waals surface area contributed by atoms with Gasteiger partial charge in [0.2, 0.25) is 5.91 Å². The van der Waals surface area contributed by atoms with Crippen LogP contribution in [0.1, 0.15) is 16.5 Å². The molecule has 0 radical (unpaired) electrons. The fraction of sp³-hybridized carbons (Fsp3) is 0.190. The average Bonchev–Trinajstić information content (AvgIpc) is 3.07. The lowest BCUT2D eigenvalue weighted by Crippen LogP contribution is -2.28. The van der Waals surface area contributed by atoms with Crippen LogP contribution in [-0.2, 0) is 11.3 Å². The zero-order chi connectivity index (χ0) is 19.8. The Labute approximate surface area is 164 Å². The minimum Gasteiger partial charge on any atom is -0.496 e. The van der Waals surface area contributed by atoms with Crippen molar-refractivity contribution in [2.75, 3.05) is 12.9 Å². The number of methoxy groups -OCH3 is 1. The molecule has 1 atom stereocenters. The van der Waals surface area contributed by atoms with Crippen LogP contribution in [0, 0.1) is 17.5 Å². The number of hydrogen-bond donors (Lipinski definition) is 0. The zero-order valence-corrected chi connectivity index (χ0v) is 15.7. The number of benzene rings is 3. The second kappa shape index (κ2) is 7.39. The van der Waals surface area contributed by atoms with Gasteiger partial charge in [-0.2, -0.15) is 0 Å². The lowest BCUT2D eigenvalue weighted by molar-refractivity contribution is -0.128. The van der Waals surface area contributed by atoms with Crippen molar-refractivity contribution in [3.05, 3.63) is 77.1 Å². The molecule has 0 saturated carbocycles. The van der Waals surface area contributed by atoms with Crippen molar-refractivity contribution < 1.29 is 22.7 Å². The Morgan fingerprint density at radius 2 is 1.79 bits per heavy atom. The van der Waals surface area contributed by atoms with Crippen LogP contribution < -0.4 is 4.74 Å². The molecule has 0 aromatic heterocycles. The number of hydrogen-bond acceptors (Lipinski definition) is 3. The van der Waals surface area contributed by atoms with Gasteiger partial charge in [-0.3, -0.25) is 4.79 Å². The summed E-state index contributed by atoms with van der Waals surface area (Å²) in [4.78, 5) is 14.0. The van der Waals surface area contributed by atoms with Crippen molar-refractivity contribution in [2.24, 2.45) is 0 Å². The molecule has 1 fully saturated rings. The van der Waals surface area contributed by atoms with Gasteiger partial charge in [0.25, 0.3) is 0 Å². The maximum atomic E-state index is 14.1. The van der Waals surface area contributed by atoms with Crippen molar-refractivity contribution in [2.45, 2.75) is 11.9 Å². The highest BCUT2D eigenvalue weighted by Crippen LogP contribution is 2.44. The fourth-order valence-electron chi connectivity index (χ4n) is 3.44. The van der Waals surface area contributed by atoms with E-state index in [1.807, 2.05) is 36.4 Å². The number of thioether (sulfide) groups is 1. The van der Waals surface area contributed by atoms with E-state index in [1.165, 1.54) is 22.7 Å². The first kappa shape index (κ1) is 18.7. The third-order valence-electron chi connectivity index (χ3n) is 4.83. The van der Waals surface area contributed by atoms with Crippen molar-refractivity contribution in [1.82, 2.24) is 4.90 Å². The summed E-state index contributed by atoms with van der Waals surface area (Å²) >= 11 is 1.42. The van der Waals surface area contributed by atoms with Gasteiger partial charge in [-0.1, -0.05) is 36.4 Å². The Balaban J connectivity index is 1.75. The van der Waals surface area contributed by atoms with Crippen LogP contribution in [0.3, 0.4) is 0 Å². The molecule has 0 bridgehead atoms. The summed E-state index contributed by atoms with van der Waals surface area (Å²) in [7, 11) is 1.59. The summed E-state index contributed by atoms with van der Waals surface area (Å²) in [6.07, 6.45) is 0. The van der Waals surface area contributed by atoms with Crippen LogP contribution in [0.4, 0.5) is 13.2 Å². The average molecular weight is 403 g/mol. The van der Waals surface area contributed by atoms with E-state index in [0.29, 0.717) is 5.75 Å². The highest BCUT2D eigenvalue weighted by Gasteiger charge is 2.34. The van der Waals surface area contributed by atoms with Crippen LogP contribution in [0.2, 0.25) is 0 Å². The first-order valence-corrected chi connectivity index (χ1v) is 9.65. The van der Waals surface area contributed by atoms with Gasteiger partial charge in [0.05, 0.1) is 19.4 Å². The Morgan fingerprint density at radius 3 is 2.54 bits per heavy atom. The molecule has 7 heteroatoms.